The normalized spacial score (nSPS) is 25.3. The third kappa shape index (κ3) is 1.91. The van der Waals surface area contributed by atoms with Crippen LogP contribution in [0, 0.1) is 11.3 Å². The fourth-order valence-corrected chi connectivity index (χ4v) is 1.62. The van der Waals surface area contributed by atoms with E-state index in [4.69, 9.17) is 5.26 Å². The van der Waals surface area contributed by atoms with Crippen LogP contribution < -0.4 is 4.90 Å². The number of aliphatic hydroxyl groups excluding tert-OH is 2. The minimum Gasteiger partial charge on any atom is -0.389 e. The molecule has 1 aliphatic heterocycles. The third-order valence-electron chi connectivity index (χ3n) is 2.49. The standard InChI is InChI=1S/C10H11N3O2/c11-3-7-1-2-8(4-12-7)13-5-9(14)10(15)6-13/h1-2,4,9-10,14-15H,5-6H2. The van der Waals surface area contributed by atoms with Crippen LogP contribution in [-0.4, -0.2) is 40.5 Å². The molecule has 0 aliphatic carbocycles. The Kier molecular flexibility index (Phi) is 2.54. The van der Waals surface area contributed by atoms with E-state index >= 15 is 0 Å². The maximum absolute atomic E-state index is 9.37. The lowest BCUT2D eigenvalue weighted by Gasteiger charge is -2.16. The minimum absolute atomic E-state index is 0.360. The molecule has 5 nitrogen and oxygen atoms in total. The van der Waals surface area contributed by atoms with Gasteiger partial charge >= 0.3 is 0 Å². The molecule has 1 fully saturated rings. The Morgan fingerprint density at radius 1 is 1.33 bits per heavy atom. The summed E-state index contributed by atoms with van der Waals surface area (Å²) in [6.07, 6.45) is 0.157. The van der Waals surface area contributed by atoms with Gasteiger partial charge in [-0.05, 0) is 12.1 Å². The molecule has 1 saturated heterocycles. The summed E-state index contributed by atoms with van der Waals surface area (Å²) < 4.78 is 0. The molecule has 0 amide bonds. The van der Waals surface area contributed by atoms with Crippen LogP contribution in [0.1, 0.15) is 5.69 Å². The maximum Gasteiger partial charge on any atom is 0.140 e. The van der Waals surface area contributed by atoms with Crippen molar-refractivity contribution >= 4 is 5.69 Å². The van der Waals surface area contributed by atoms with Crippen molar-refractivity contribution in [2.75, 3.05) is 18.0 Å². The lowest BCUT2D eigenvalue weighted by atomic mass is 10.3. The zero-order valence-electron chi connectivity index (χ0n) is 8.04. The molecule has 2 rings (SSSR count). The number of hydrogen-bond acceptors (Lipinski definition) is 5. The molecule has 2 unspecified atom stereocenters. The van der Waals surface area contributed by atoms with Crippen molar-refractivity contribution < 1.29 is 10.2 Å². The summed E-state index contributed by atoms with van der Waals surface area (Å²) in [6, 6.07) is 5.31. The summed E-state index contributed by atoms with van der Waals surface area (Å²) >= 11 is 0. The summed E-state index contributed by atoms with van der Waals surface area (Å²) in [5.74, 6) is 0. The van der Waals surface area contributed by atoms with Gasteiger partial charge in [-0.2, -0.15) is 5.26 Å². The summed E-state index contributed by atoms with van der Waals surface area (Å²) in [5, 5.41) is 27.3. The lowest BCUT2D eigenvalue weighted by Crippen LogP contribution is -2.22. The van der Waals surface area contributed by atoms with E-state index < -0.39 is 12.2 Å². The Balaban J connectivity index is 2.14. The first-order valence-electron chi connectivity index (χ1n) is 4.68. The van der Waals surface area contributed by atoms with E-state index in [2.05, 4.69) is 4.98 Å². The predicted molar refractivity (Wildman–Crippen MR) is 53.2 cm³/mol. The number of aliphatic hydroxyl groups is 2. The predicted octanol–water partition coefficient (Wildman–Crippen LogP) is -0.505. The average Bonchev–Trinajstić information content (AvgIpc) is 2.59. The van der Waals surface area contributed by atoms with Crippen LogP contribution in [0.5, 0.6) is 0 Å². The Morgan fingerprint density at radius 2 is 2.00 bits per heavy atom. The Hall–Kier alpha value is -1.64. The number of rotatable bonds is 1. The highest BCUT2D eigenvalue weighted by molar-refractivity contribution is 5.47. The van der Waals surface area contributed by atoms with E-state index in [1.54, 1.807) is 18.3 Å². The van der Waals surface area contributed by atoms with Crippen molar-refractivity contribution in [1.29, 1.82) is 5.26 Å². The highest BCUT2D eigenvalue weighted by Crippen LogP contribution is 2.19. The highest BCUT2D eigenvalue weighted by atomic mass is 16.3. The van der Waals surface area contributed by atoms with Crippen molar-refractivity contribution in [2.24, 2.45) is 0 Å². The van der Waals surface area contributed by atoms with Crippen LogP contribution in [0.15, 0.2) is 18.3 Å². The van der Waals surface area contributed by atoms with Crippen LogP contribution in [-0.2, 0) is 0 Å². The first-order valence-corrected chi connectivity index (χ1v) is 4.68. The van der Waals surface area contributed by atoms with Crippen LogP contribution in [0.2, 0.25) is 0 Å². The van der Waals surface area contributed by atoms with Gasteiger partial charge in [-0.1, -0.05) is 0 Å². The van der Waals surface area contributed by atoms with E-state index in [1.165, 1.54) is 0 Å². The van der Waals surface area contributed by atoms with E-state index in [0.29, 0.717) is 18.8 Å². The SMILES string of the molecule is N#Cc1ccc(N2CC(O)C(O)C2)cn1. The van der Waals surface area contributed by atoms with Gasteiger partial charge in [0.05, 0.1) is 24.1 Å². The molecule has 15 heavy (non-hydrogen) atoms. The quantitative estimate of drug-likeness (QED) is 0.645. The first-order chi connectivity index (χ1) is 7.20. The van der Waals surface area contributed by atoms with Crippen LogP contribution in [0.4, 0.5) is 5.69 Å². The van der Waals surface area contributed by atoms with E-state index in [0.717, 1.165) is 5.69 Å². The monoisotopic (exact) mass is 205 g/mol. The van der Waals surface area contributed by atoms with Crippen molar-refractivity contribution in [1.82, 2.24) is 4.98 Å². The fourth-order valence-electron chi connectivity index (χ4n) is 1.62. The van der Waals surface area contributed by atoms with Gasteiger partial charge in [0, 0.05) is 13.1 Å². The smallest absolute Gasteiger partial charge is 0.140 e. The average molecular weight is 205 g/mol. The second kappa shape index (κ2) is 3.85. The van der Waals surface area contributed by atoms with Crippen LogP contribution in [0.3, 0.4) is 0 Å². The first kappa shape index (κ1) is 9.90. The van der Waals surface area contributed by atoms with Gasteiger partial charge in [-0.15, -0.1) is 0 Å². The Morgan fingerprint density at radius 3 is 2.47 bits per heavy atom. The molecule has 2 atom stereocenters. The molecule has 1 aliphatic rings. The molecule has 0 saturated carbocycles. The number of nitriles is 1. The van der Waals surface area contributed by atoms with Gasteiger partial charge in [-0.3, -0.25) is 0 Å². The second-order valence-corrected chi connectivity index (χ2v) is 3.55. The van der Waals surface area contributed by atoms with Gasteiger partial charge < -0.3 is 15.1 Å². The number of aromatic nitrogens is 1. The van der Waals surface area contributed by atoms with Gasteiger partial charge in [-0.25, -0.2) is 4.98 Å². The molecule has 2 N–H and O–H groups in total. The largest absolute Gasteiger partial charge is 0.389 e. The van der Waals surface area contributed by atoms with Crippen molar-refractivity contribution in [3.05, 3.63) is 24.0 Å². The number of hydrogen-bond donors (Lipinski definition) is 2. The summed E-state index contributed by atoms with van der Waals surface area (Å²) in [4.78, 5) is 5.76. The number of nitrogens with zero attached hydrogens (tertiary/aromatic N) is 3. The van der Waals surface area contributed by atoms with Crippen LogP contribution >= 0.6 is 0 Å². The molecule has 5 heteroatoms. The molecular formula is C10H11N3O2. The molecule has 0 aromatic carbocycles. The summed E-state index contributed by atoms with van der Waals surface area (Å²) in [7, 11) is 0. The summed E-state index contributed by atoms with van der Waals surface area (Å²) in [5.41, 5.74) is 1.17. The zero-order valence-corrected chi connectivity index (χ0v) is 8.04. The number of β-amino-alcohol motifs (C(OH)–C–C–N with tert-alkyl or cyclic N) is 2. The molecule has 0 bridgehead atoms. The number of anilines is 1. The van der Waals surface area contributed by atoms with E-state index in [9.17, 15) is 10.2 Å². The summed E-state index contributed by atoms with van der Waals surface area (Å²) in [6.45, 7) is 0.795. The molecule has 1 aromatic heterocycles. The van der Waals surface area contributed by atoms with Gasteiger partial charge in [0.25, 0.3) is 0 Å². The van der Waals surface area contributed by atoms with Gasteiger partial charge in [0.2, 0.25) is 0 Å². The Labute approximate surface area is 87.2 Å². The molecule has 2 heterocycles. The van der Waals surface area contributed by atoms with Gasteiger partial charge in [0.1, 0.15) is 11.8 Å². The molecule has 1 aromatic rings. The molecular weight excluding hydrogens is 194 g/mol. The van der Waals surface area contributed by atoms with Crippen LogP contribution in [0.25, 0.3) is 0 Å². The second-order valence-electron chi connectivity index (χ2n) is 3.55. The topological polar surface area (TPSA) is 80.4 Å². The molecule has 0 radical (unpaired) electrons. The highest BCUT2D eigenvalue weighted by Gasteiger charge is 2.29. The van der Waals surface area contributed by atoms with Crippen molar-refractivity contribution in [3.8, 4) is 6.07 Å². The molecule has 78 valence electrons. The number of pyridine rings is 1. The fraction of sp³-hybridized carbons (Fsp3) is 0.400. The van der Waals surface area contributed by atoms with E-state index in [1.807, 2.05) is 11.0 Å². The van der Waals surface area contributed by atoms with E-state index in [-0.39, 0.29) is 0 Å². The van der Waals surface area contributed by atoms with Gasteiger partial charge in [0.15, 0.2) is 0 Å². The zero-order chi connectivity index (χ0) is 10.8. The Bertz CT molecular complexity index is 375. The third-order valence-corrected chi connectivity index (χ3v) is 2.49. The molecule has 0 spiro atoms. The van der Waals surface area contributed by atoms with Crippen molar-refractivity contribution in [3.63, 3.8) is 0 Å². The van der Waals surface area contributed by atoms with Crippen molar-refractivity contribution in [2.45, 2.75) is 12.2 Å². The maximum atomic E-state index is 9.37. The minimum atomic E-state index is -0.708. The lowest BCUT2D eigenvalue weighted by molar-refractivity contribution is 0.0572.